The van der Waals surface area contributed by atoms with Gasteiger partial charge in [0.1, 0.15) is 0 Å². The lowest BCUT2D eigenvalue weighted by molar-refractivity contribution is -0.137. The number of nitrogens with one attached hydrogen (secondary N) is 2. The van der Waals surface area contributed by atoms with E-state index < -0.39 is 5.97 Å². The van der Waals surface area contributed by atoms with E-state index in [-0.39, 0.29) is 12.5 Å². The number of benzene rings is 1. The number of carbonyl (C=O) groups excluding carboxylic acids is 1. The van der Waals surface area contributed by atoms with Crippen LogP contribution in [0.5, 0.6) is 0 Å². The quantitative estimate of drug-likeness (QED) is 0.630. The Kier molecular flexibility index (Phi) is 7.13. The number of hydrogen-bond acceptors (Lipinski definition) is 3. The van der Waals surface area contributed by atoms with Gasteiger partial charge in [0.25, 0.3) is 0 Å². The maximum Gasteiger partial charge on any atom is 0.315 e. The normalized spacial score (nSPS) is 10.1. The Labute approximate surface area is 118 Å². The highest BCUT2D eigenvalue weighted by atomic mass is 16.5. The van der Waals surface area contributed by atoms with Crippen molar-refractivity contribution >= 4 is 12.0 Å². The third kappa shape index (κ3) is 6.75. The van der Waals surface area contributed by atoms with E-state index in [1.807, 2.05) is 24.3 Å². The first-order chi connectivity index (χ1) is 9.61. The molecule has 0 aliphatic carbocycles. The van der Waals surface area contributed by atoms with E-state index in [0.29, 0.717) is 26.1 Å². The Morgan fingerprint density at radius 3 is 2.40 bits per heavy atom. The van der Waals surface area contributed by atoms with Crippen LogP contribution in [-0.2, 0) is 22.7 Å². The Hall–Kier alpha value is -2.08. The Morgan fingerprint density at radius 1 is 1.15 bits per heavy atom. The smallest absolute Gasteiger partial charge is 0.315 e. The first-order valence-corrected chi connectivity index (χ1v) is 6.42. The second-order valence-corrected chi connectivity index (χ2v) is 4.36. The number of ether oxygens (including phenoxy) is 1. The predicted molar refractivity (Wildman–Crippen MR) is 74.3 cm³/mol. The number of carbonyl (C=O) groups is 2. The molecule has 20 heavy (non-hydrogen) atoms. The van der Waals surface area contributed by atoms with Gasteiger partial charge in [-0.2, -0.15) is 0 Å². The molecule has 1 aromatic carbocycles. The number of aliphatic carboxylic acids is 1. The molecule has 0 heterocycles. The highest BCUT2D eigenvalue weighted by molar-refractivity contribution is 5.73. The minimum atomic E-state index is -0.858. The second kappa shape index (κ2) is 8.92. The molecule has 0 aliphatic rings. The van der Waals surface area contributed by atoms with Crippen LogP contribution in [0.4, 0.5) is 4.79 Å². The van der Waals surface area contributed by atoms with Crippen molar-refractivity contribution in [3.05, 3.63) is 35.4 Å². The van der Waals surface area contributed by atoms with Crippen molar-refractivity contribution in [1.82, 2.24) is 10.6 Å². The van der Waals surface area contributed by atoms with Crippen molar-refractivity contribution in [2.75, 3.05) is 13.7 Å². The summed E-state index contributed by atoms with van der Waals surface area (Å²) in [5, 5.41) is 13.8. The summed E-state index contributed by atoms with van der Waals surface area (Å²) in [5.74, 6) is -0.858. The summed E-state index contributed by atoms with van der Waals surface area (Å²) >= 11 is 0. The van der Waals surface area contributed by atoms with Crippen molar-refractivity contribution < 1.29 is 19.4 Å². The van der Waals surface area contributed by atoms with Crippen LogP contribution in [0.1, 0.15) is 24.0 Å². The predicted octanol–water partition coefficient (Wildman–Crippen LogP) is 1.50. The van der Waals surface area contributed by atoms with E-state index in [0.717, 1.165) is 11.1 Å². The molecule has 0 unspecified atom stereocenters. The van der Waals surface area contributed by atoms with Crippen LogP contribution in [0.3, 0.4) is 0 Å². The Bertz CT molecular complexity index is 431. The van der Waals surface area contributed by atoms with Gasteiger partial charge in [0, 0.05) is 26.6 Å². The number of rotatable bonds is 8. The Morgan fingerprint density at radius 2 is 1.80 bits per heavy atom. The maximum atomic E-state index is 11.4. The van der Waals surface area contributed by atoms with Gasteiger partial charge in [-0.1, -0.05) is 24.3 Å². The zero-order chi connectivity index (χ0) is 14.8. The summed E-state index contributed by atoms with van der Waals surface area (Å²) in [4.78, 5) is 21.7. The summed E-state index contributed by atoms with van der Waals surface area (Å²) in [6.45, 7) is 1.35. The largest absolute Gasteiger partial charge is 0.481 e. The molecule has 1 rings (SSSR count). The number of amides is 2. The minimum absolute atomic E-state index is 0.0568. The fourth-order valence-electron chi connectivity index (χ4n) is 1.61. The van der Waals surface area contributed by atoms with E-state index in [2.05, 4.69) is 10.6 Å². The van der Waals surface area contributed by atoms with Gasteiger partial charge >= 0.3 is 12.0 Å². The number of methoxy groups -OCH3 is 1. The first-order valence-electron chi connectivity index (χ1n) is 6.42. The average molecular weight is 280 g/mol. The van der Waals surface area contributed by atoms with Crippen LogP contribution in [-0.4, -0.2) is 30.8 Å². The fraction of sp³-hybridized carbons (Fsp3) is 0.429. The summed E-state index contributed by atoms with van der Waals surface area (Å²) in [7, 11) is 1.64. The van der Waals surface area contributed by atoms with Gasteiger partial charge in [-0.25, -0.2) is 4.79 Å². The summed E-state index contributed by atoms with van der Waals surface area (Å²) in [6, 6.07) is 7.46. The van der Waals surface area contributed by atoms with Gasteiger partial charge < -0.3 is 20.5 Å². The van der Waals surface area contributed by atoms with Crippen molar-refractivity contribution in [2.45, 2.75) is 26.0 Å². The molecule has 3 N–H and O–H groups in total. The Balaban J connectivity index is 2.21. The zero-order valence-corrected chi connectivity index (χ0v) is 11.5. The van der Waals surface area contributed by atoms with Crippen LogP contribution < -0.4 is 10.6 Å². The molecule has 2 amide bonds. The first kappa shape index (κ1) is 16.0. The van der Waals surface area contributed by atoms with E-state index >= 15 is 0 Å². The minimum Gasteiger partial charge on any atom is -0.481 e. The van der Waals surface area contributed by atoms with E-state index in [9.17, 15) is 9.59 Å². The topological polar surface area (TPSA) is 87.7 Å². The van der Waals surface area contributed by atoms with Gasteiger partial charge in [0.15, 0.2) is 0 Å². The lowest BCUT2D eigenvalue weighted by Gasteiger charge is -2.08. The van der Waals surface area contributed by atoms with E-state index in [1.165, 1.54) is 0 Å². The highest BCUT2D eigenvalue weighted by Gasteiger charge is 2.01. The third-order valence-corrected chi connectivity index (χ3v) is 2.64. The average Bonchev–Trinajstić information content (AvgIpc) is 2.43. The molecule has 0 aliphatic heterocycles. The van der Waals surface area contributed by atoms with Crippen molar-refractivity contribution in [3.8, 4) is 0 Å². The SMILES string of the molecule is COCc1ccc(CNC(=O)NCCCC(=O)O)cc1. The van der Waals surface area contributed by atoms with Crippen LogP contribution in [0.2, 0.25) is 0 Å². The molecule has 0 saturated heterocycles. The molecular weight excluding hydrogens is 260 g/mol. The molecule has 0 aromatic heterocycles. The zero-order valence-electron chi connectivity index (χ0n) is 11.5. The molecule has 0 radical (unpaired) electrons. The summed E-state index contributed by atoms with van der Waals surface area (Å²) in [5.41, 5.74) is 2.07. The van der Waals surface area contributed by atoms with E-state index in [1.54, 1.807) is 7.11 Å². The van der Waals surface area contributed by atoms with Gasteiger partial charge in [0.2, 0.25) is 0 Å². The number of carboxylic acids is 1. The molecular formula is C14H20N2O4. The summed E-state index contributed by atoms with van der Waals surface area (Å²) < 4.78 is 5.02. The second-order valence-electron chi connectivity index (χ2n) is 4.36. The van der Waals surface area contributed by atoms with Crippen LogP contribution >= 0.6 is 0 Å². The summed E-state index contributed by atoms with van der Waals surface area (Å²) in [6.07, 6.45) is 0.482. The standard InChI is InChI=1S/C14H20N2O4/c1-20-10-12-6-4-11(5-7-12)9-16-14(19)15-8-2-3-13(17)18/h4-7H,2-3,8-10H2,1H3,(H,17,18)(H2,15,16,19). The molecule has 0 atom stereocenters. The molecule has 0 bridgehead atoms. The van der Waals surface area contributed by atoms with Crippen molar-refractivity contribution in [2.24, 2.45) is 0 Å². The monoisotopic (exact) mass is 280 g/mol. The maximum absolute atomic E-state index is 11.4. The molecule has 1 aromatic rings. The number of hydrogen-bond donors (Lipinski definition) is 3. The lowest BCUT2D eigenvalue weighted by Crippen LogP contribution is -2.35. The highest BCUT2D eigenvalue weighted by Crippen LogP contribution is 2.05. The van der Waals surface area contributed by atoms with Gasteiger partial charge in [0.05, 0.1) is 6.61 Å². The van der Waals surface area contributed by atoms with Crippen LogP contribution in [0, 0.1) is 0 Å². The number of carboxylic acid groups (broad SMARTS) is 1. The van der Waals surface area contributed by atoms with Gasteiger partial charge in [-0.15, -0.1) is 0 Å². The van der Waals surface area contributed by atoms with Gasteiger partial charge in [-0.3, -0.25) is 4.79 Å². The van der Waals surface area contributed by atoms with Crippen LogP contribution in [0.25, 0.3) is 0 Å². The fourth-order valence-corrected chi connectivity index (χ4v) is 1.61. The molecule has 0 spiro atoms. The molecule has 6 nitrogen and oxygen atoms in total. The number of urea groups is 1. The van der Waals surface area contributed by atoms with Crippen molar-refractivity contribution in [1.29, 1.82) is 0 Å². The van der Waals surface area contributed by atoms with Gasteiger partial charge in [-0.05, 0) is 17.5 Å². The third-order valence-electron chi connectivity index (χ3n) is 2.64. The lowest BCUT2D eigenvalue weighted by atomic mass is 10.1. The molecule has 110 valence electrons. The molecule has 0 fully saturated rings. The molecule has 0 saturated carbocycles. The van der Waals surface area contributed by atoms with Crippen LogP contribution in [0.15, 0.2) is 24.3 Å². The van der Waals surface area contributed by atoms with E-state index in [4.69, 9.17) is 9.84 Å². The molecule has 6 heteroatoms. The van der Waals surface area contributed by atoms with Crippen molar-refractivity contribution in [3.63, 3.8) is 0 Å².